The Morgan fingerprint density at radius 3 is 1.27 bits per heavy atom. The summed E-state index contributed by atoms with van der Waals surface area (Å²) in [5.41, 5.74) is 0. The van der Waals surface area contributed by atoms with Crippen LogP contribution in [0.3, 0.4) is 0 Å². The van der Waals surface area contributed by atoms with Gasteiger partial charge in [0, 0.05) is 0 Å². The molecule has 1 atom stereocenters. The van der Waals surface area contributed by atoms with E-state index >= 15 is 0 Å². The summed E-state index contributed by atoms with van der Waals surface area (Å²) in [4.78, 5) is -0.901. The van der Waals surface area contributed by atoms with E-state index in [-0.39, 0.29) is 0 Å². The smallest absolute Gasteiger partial charge is 0.283 e. The molecule has 5 heteroatoms. The molecule has 0 fully saturated rings. The van der Waals surface area contributed by atoms with Gasteiger partial charge in [0.05, 0.1) is 0 Å². The van der Waals surface area contributed by atoms with Gasteiger partial charge >= 0.3 is 10.1 Å². The van der Waals surface area contributed by atoms with Crippen molar-refractivity contribution in [2.45, 2.75) is 18.3 Å². The highest BCUT2D eigenvalue weighted by molar-refractivity contribution is 8.08. The van der Waals surface area contributed by atoms with Gasteiger partial charge in [0.1, 0.15) is 23.2 Å². The Hall–Kier alpha value is -2.00. The van der Waals surface area contributed by atoms with Gasteiger partial charge in [-0.15, -0.1) is 0 Å². The average Bonchev–Trinajstić information content (AvgIpc) is 2.67. The van der Waals surface area contributed by atoms with Gasteiger partial charge in [0.2, 0.25) is 4.99 Å². The topological polar surface area (TPSA) is 54.4 Å². The maximum Gasteiger partial charge on any atom is 0.304 e. The first-order valence-corrected chi connectivity index (χ1v) is 11.9. The molecule has 0 aliphatic carbocycles. The van der Waals surface area contributed by atoms with Crippen LogP contribution in [0, 0.1) is 0 Å². The Morgan fingerprint density at radius 2 is 1.04 bits per heavy atom. The molecule has 3 nitrogen and oxygen atoms in total. The lowest BCUT2D eigenvalue weighted by atomic mass is 10.4. The molecule has 3 rings (SSSR count). The fourth-order valence-electron chi connectivity index (χ4n) is 3.62. The molecule has 0 aliphatic heterocycles. The fraction of sp³-hybridized carbons (Fsp3) is 0.143. The van der Waals surface area contributed by atoms with E-state index in [0.29, 0.717) is 6.42 Å². The van der Waals surface area contributed by atoms with Gasteiger partial charge in [-0.1, -0.05) is 61.5 Å². The summed E-state index contributed by atoms with van der Waals surface area (Å²) in [6.07, 6.45) is 0.325. The normalized spacial score (nSPS) is 13.3. The van der Waals surface area contributed by atoms with Crippen LogP contribution in [-0.4, -0.2) is 18.0 Å². The third kappa shape index (κ3) is 3.33. The van der Waals surface area contributed by atoms with E-state index in [0.717, 1.165) is 15.9 Å². The Kier molecular flexibility index (Phi) is 5.57. The van der Waals surface area contributed by atoms with E-state index in [4.69, 9.17) is 0 Å². The van der Waals surface area contributed by atoms with Crippen LogP contribution in [0.4, 0.5) is 0 Å². The van der Waals surface area contributed by atoms with E-state index in [1.165, 1.54) is 0 Å². The van der Waals surface area contributed by atoms with Gasteiger partial charge in [-0.3, -0.25) is 4.55 Å². The molecule has 0 saturated heterocycles. The molecule has 0 spiro atoms. The van der Waals surface area contributed by atoms with Crippen molar-refractivity contribution in [2.24, 2.45) is 0 Å². The molecule has 0 radical (unpaired) electrons. The SMILES string of the molecule is CCC([P+](c1ccccc1)(c1ccccc1)c1ccccc1)S(=O)(=O)O. The highest BCUT2D eigenvalue weighted by Crippen LogP contribution is 2.62. The second kappa shape index (κ2) is 7.71. The standard InChI is InChI=1S/C21H21O3PS/c1-2-21(26(22,23)24)25(18-12-6-3-7-13-18,19-14-8-4-9-15-19)20-16-10-5-11-17-20/h3-17,21H,2H2,1H3/p+1. The molecular formula is C21H22O3PS+. The molecule has 0 aromatic heterocycles. The average molecular weight is 385 g/mol. The zero-order valence-electron chi connectivity index (χ0n) is 14.6. The molecule has 0 heterocycles. The van der Waals surface area contributed by atoms with Crippen LogP contribution in [0.25, 0.3) is 0 Å². The van der Waals surface area contributed by atoms with Gasteiger partial charge in [0.25, 0.3) is 0 Å². The van der Waals surface area contributed by atoms with Gasteiger partial charge in [-0.2, -0.15) is 8.42 Å². The number of hydrogen-bond acceptors (Lipinski definition) is 2. The van der Waals surface area contributed by atoms with Crippen molar-refractivity contribution in [3.63, 3.8) is 0 Å². The molecule has 3 aromatic carbocycles. The lowest BCUT2D eigenvalue weighted by molar-refractivity contribution is 0.478. The zero-order chi connectivity index (χ0) is 18.6. The van der Waals surface area contributed by atoms with Crippen LogP contribution in [0.1, 0.15) is 13.3 Å². The molecule has 26 heavy (non-hydrogen) atoms. The summed E-state index contributed by atoms with van der Waals surface area (Å²) in [6.45, 7) is 1.82. The highest BCUT2D eigenvalue weighted by atomic mass is 32.2. The molecule has 1 N–H and O–H groups in total. The van der Waals surface area contributed by atoms with Crippen LogP contribution in [0.2, 0.25) is 0 Å². The zero-order valence-corrected chi connectivity index (χ0v) is 16.3. The van der Waals surface area contributed by atoms with Crippen molar-refractivity contribution in [3.05, 3.63) is 91.0 Å². The van der Waals surface area contributed by atoms with E-state index < -0.39 is 22.4 Å². The van der Waals surface area contributed by atoms with Gasteiger partial charge < -0.3 is 0 Å². The van der Waals surface area contributed by atoms with Crippen LogP contribution >= 0.6 is 7.26 Å². The first kappa shape index (κ1) is 18.8. The van der Waals surface area contributed by atoms with Crippen LogP contribution < -0.4 is 15.9 Å². The summed E-state index contributed by atoms with van der Waals surface area (Å²) in [6, 6.07) is 29.1. The second-order valence-electron chi connectivity index (χ2n) is 6.11. The van der Waals surface area contributed by atoms with Crippen molar-refractivity contribution in [1.82, 2.24) is 0 Å². The van der Waals surface area contributed by atoms with E-state index in [2.05, 4.69) is 0 Å². The summed E-state index contributed by atoms with van der Waals surface area (Å²) in [5, 5.41) is 2.84. The number of benzene rings is 3. The van der Waals surface area contributed by atoms with E-state index in [9.17, 15) is 13.0 Å². The number of rotatable bonds is 6. The highest BCUT2D eigenvalue weighted by Gasteiger charge is 2.57. The van der Waals surface area contributed by atoms with Crippen LogP contribution in [0.15, 0.2) is 91.0 Å². The Morgan fingerprint density at radius 1 is 0.731 bits per heavy atom. The van der Waals surface area contributed by atoms with Crippen LogP contribution in [0.5, 0.6) is 0 Å². The molecule has 0 saturated carbocycles. The summed E-state index contributed by atoms with van der Waals surface area (Å²) in [7, 11) is -6.89. The van der Waals surface area contributed by atoms with Crippen molar-refractivity contribution in [3.8, 4) is 0 Å². The lowest BCUT2D eigenvalue weighted by Crippen LogP contribution is -2.42. The maximum atomic E-state index is 12.5. The van der Waals surface area contributed by atoms with E-state index in [1.54, 1.807) is 0 Å². The molecule has 1 unspecified atom stereocenters. The fourth-order valence-corrected chi connectivity index (χ4v) is 11.1. The quantitative estimate of drug-likeness (QED) is 0.521. The monoisotopic (exact) mass is 385 g/mol. The Labute approximate surface area is 155 Å². The predicted molar refractivity (Wildman–Crippen MR) is 111 cm³/mol. The third-order valence-electron chi connectivity index (χ3n) is 4.62. The minimum absolute atomic E-state index is 0.325. The third-order valence-corrected chi connectivity index (χ3v) is 12.0. The first-order chi connectivity index (χ1) is 12.5. The molecule has 0 bridgehead atoms. The van der Waals surface area contributed by atoms with Gasteiger partial charge in [0.15, 0.2) is 0 Å². The van der Waals surface area contributed by atoms with Crippen molar-refractivity contribution in [2.75, 3.05) is 0 Å². The van der Waals surface area contributed by atoms with Crippen molar-refractivity contribution >= 4 is 33.3 Å². The summed E-state index contributed by atoms with van der Waals surface area (Å²) in [5.74, 6) is 0. The maximum absolute atomic E-state index is 12.5. The predicted octanol–water partition coefficient (Wildman–Crippen LogP) is 3.60. The first-order valence-electron chi connectivity index (χ1n) is 8.53. The van der Waals surface area contributed by atoms with Crippen LogP contribution in [-0.2, 0) is 10.1 Å². The second-order valence-corrected chi connectivity index (χ2v) is 11.7. The molecule has 3 aromatic rings. The molecule has 134 valence electrons. The molecule has 0 amide bonds. The summed E-state index contributed by atoms with van der Waals surface area (Å²) >= 11 is 0. The minimum Gasteiger partial charge on any atom is -0.283 e. The largest absolute Gasteiger partial charge is 0.304 e. The lowest BCUT2D eigenvalue weighted by Gasteiger charge is -2.32. The van der Waals surface area contributed by atoms with Crippen molar-refractivity contribution < 1.29 is 13.0 Å². The number of hydrogen-bond donors (Lipinski definition) is 1. The molecular weight excluding hydrogens is 363 g/mol. The Bertz CT molecular complexity index is 846. The van der Waals surface area contributed by atoms with Gasteiger partial charge in [-0.05, 0) is 42.8 Å². The summed E-state index contributed by atoms with van der Waals surface area (Å²) < 4.78 is 35.2. The van der Waals surface area contributed by atoms with Gasteiger partial charge in [-0.25, -0.2) is 0 Å². The van der Waals surface area contributed by atoms with E-state index in [1.807, 2.05) is 97.9 Å². The minimum atomic E-state index is -4.27. The molecule has 0 aliphatic rings. The Balaban J connectivity index is 2.47. The van der Waals surface area contributed by atoms with Crippen molar-refractivity contribution in [1.29, 1.82) is 0 Å².